The van der Waals surface area contributed by atoms with Crippen LogP contribution in [0, 0.1) is 11.8 Å². The van der Waals surface area contributed by atoms with Crippen LogP contribution in [0.25, 0.3) is 0 Å². The minimum Gasteiger partial charge on any atom is -0.462 e. The van der Waals surface area contributed by atoms with Crippen molar-refractivity contribution in [1.82, 2.24) is 0 Å². The van der Waals surface area contributed by atoms with Gasteiger partial charge in [0.05, 0.1) is 17.6 Å². The van der Waals surface area contributed by atoms with Gasteiger partial charge >= 0.3 is 11.9 Å². The van der Waals surface area contributed by atoms with Crippen molar-refractivity contribution in [3.8, 4) is 0 Å². The van der Waals surface area contributed by atoms with E-state index in [0.717, 1.165) is 19.3 Å². The van der Waals surface area contributed by atoms with E-state index in [1.807, 2.05) is 18.2 Å². The summed E-state index contributed by atoms with van der Waals surface area (Å²) in [5, 5.41) is 10.6. The van der Waals surface area contributed by atoms with Crippen LogP contribution < -0.4 is 0 Å². The molecular weight excluding hydrogens is 356 g/mol. The molecule has 1 heterocycles. The third-order valence-electron chi connectivity index (χ3n) is 5.78. The van der Waals surface area contributed by atoms with Gasteiger partial charge in [0.1, 0.15) is 12.2 Å². The van der Waals surface area contributed by atoms with E-state index in [-0.39, 0.29) is 36.0 Å². The molecule has 0 amide bonds. The number of esters is 2. The topological polar surface area (TPSA) is 72.8 Å². The van der Waals surface area contributed by atoms with Crippen LogP contribution in [0.5, 0.6) is 0 Å². The molecule has 5 nitrogen and oxygen atoms in total. The fourth-order valence-corrected chi connectivity index (χ4v) is 4.20. The summed E-state index contributed by atoms with van der Waals surface area (Å²) in [6.07, 6.45) is 7.81. The maximum Gasteiger partial charge on any atom is 0.338 e. The first-order chi connectivity index (χ1) is 13.4. The Morgan fingerprint density at radius 2 is 2.07 bits per heavy atom. The van der Waals surface area contributed by atoms with Crippen molar-refractivity contribution in [2.45, 2.75) is 70.2 Å². The van der Waals surface area contributed by atoms with Crippen LogP contribution in [0.15, 0.2) is 42.5 Å². The van der Waals surface area contributed by atoms with E-state index in [4.69, 9.17) is 9.47 Å². The fourth-order valence-electron chi connectivity index (χ4n) is 4.20. The van der Waals surface area contributed by atoms with Gasteiger partial charge in [0.15, 0.2) is 0 Å². The Kier molecular flexibility index (Phi) is 6.55. The van der Waals surface area contributed by atoms with Crippen LogP contribution >= 0.6 is 0 Å². The maximum absolute atomic E-state index is 12.5. The molecule has 0 unspecified atom stereocenters. The van der Waals surface area contributed by atoms with E-state index in [1.165, 1.54) is 0 Å². The highest BCUT2D eigenvalue weighted by Crippen LogP contribution is 2.44. The Labute approximate surface area is 166 Å². The van der Waals surface area contributed by atoms with Gasteiger partial charge < -0.3 is 14.6 Å². The van der Waals surface area contributed by atoms with E-state index >= 15 is 0 Å². The van der Waals surface area contributed by atoms with Gasteiger partial charge in [-0.2, -0.15) is 0 Å². The quantitative estimate of drug-likeness (QED) is 0.414. The number of fused-ring (bicyclic) bond motifs is 1. The van der Waals surface area contributed by atoms with Crippen LogP contribution in [0.4, 0.5) is 0 Å². The fraction of sp³-hybridized carbons (Fsp3) is 0.565. The van der Waals surface area contributed by atoms with Gasteiger partial charge in [-0.25, -0.2) is 4.79 Å². The molecule has 3 rings (SSSR count). The third-order valence-corrected chi connectivity index (χ3v) is 5.78. The molecule has 1 aliphatic carbocycles. The third kappa shape index (κ3) is 5.02. The molecule has 28 heavy (non-hydrogen) atoms. The van der Waals surface area contributed by atoms with Gasteiger partial charge in [-0.3, -0.25) is 4.79 Å². The lowest BCUT2D eigenvalue weighted by Gasteiger charge is -2.23. The molecule has 1 aromatic carbocycles. The van der Waals surface area contributed by atoms with Gasteiger partial charge in [-0.15, -0.1) is 0 Å². The molecule has 1 saturated heterocycles. The monoisotopic (exact) mass is 386 g/mol. The molecule has 1 aliphatic heterocycles. The summed E-state index contributed by atoms with van der Waals surface area (Å²) >= 11 is 0. The number of carbonyl (C=O) groups excluding carboxylic acids is 2. The lowest BCUT2D eigenvalue weighted by molar-refractivity contribution is -0.141. The molecule has 0 aromatic heterocycles. The summed E-state index contributed by atoms with van der Waals surface area (Å²) in [7, 11) is 0. The minimum atomic E-state index is -0.912. The predicted octanol–water partition coefficient (Wildman–Crippen LogP) is 4.05. The van der Waals surface area contributed by atoms with Gasteiger partial charge in [-0.05, 0) is 25.5 Å². The Morgan fingerprint density at radius 3 is 2.79 bits per heavy atom. The van der Waals surface area contributed by atoms with Crippen LogP contribution in [0.1, 0.15) is 62.7 Å². The van der Waals surface area contributed by atoms with Crippen molar-refractivity contribution in [2.24, 2.45) is 11.8 Å². The van der Waals surface area contributed by atoms with Crippen molar-refractivity contribution in [3.63, 3.8) is 0 Å². The number of carbonyl (C=O) groups is 2. The summed E-state index contributed by atoms with van der Waals surface area (Å²) in [4.78, 5) is 24.2. The zero-order chi connectivity index (χ0) is 20.1. The smallest absolute Gasteiger partial charge is 0.338 e. The highest BCUT2D eigenvalue weighted by molar-refractivity contribution is 5.89. The van der Waals surface area contributed by atoms with Gasteiger partial charge in [-0.1, -0.05) is 56.5 Å². The van der Waals surface area contributed by atoms with E-state index in [1.54, 1.807) is 31.2 Å². The lowest BCUT2D eigenvalue weighted by atomic mass is 9.89. The molecule has 0 radical (unpaired) electrons. The molecule has 152 valence electrons. The molecule has 2 aliphatic rings. The molecule has 5 heteroatoms. The van der Waals surface area contributed by atoms with E-state index in [9.17, 15) is 14.7 Å². The largest absolute Gasteiger partial charge is 0.462 e. The van der Waals surface area contributed by atoms with Crippen LogP contribution in [0.2, 0.25) is 0 Å². The average Bonchev–Trinajstić information content (AvgIpc) is 3.16. The number of unbranched alkanes of at least 4 members (excludes halogenated alkanes) is 2. The highest BCUT2D eigenvalue weighted by atomic mass is 16.6. The second-order valence-corrected chi connectivity index (χ2v) is 8.19. The molecule has 5 atom stereocenters. The number of benzene rings is 1. The second kappa shape index (κ2) is 8.91. The van der Waals surface area contributed by atoms with Crippen LogP contribution in [-0.2, 0) is 14.3 Å². The Hall–Kier alpha value is -2.14. The number of ether oxygens (including phenoxy) is 2. The lowest BCUT2D eigenvalue weighted by Crippen LogP contribution is -2.26. The molecule has 1 N–H and O–H groups in total. The maximum atomic E-state index is 12.5. The number of hydrogen-bond donors (Lipinski definition) is 1. The zero-order valence-electron chi connectivity index (χ0n) is 16.7. The Morgan fingerprint density at radius 1 is 1.32 bits per heavy atom. The normalized spacial score (nSPS) is 28.8. The summed E-state index contributed by atoms with van der Waals surface area (Å²) in [6, 6.07) is 8.89. The van der Waals surface area contributed by atoms with E-state index in [2.05, 4.69) is 6.92 Å². The molecular formula is C23H30O5. The molecule has 1 aromatic rings. The Bertz CT molecular complexity index is 709. The molecule has 0 bridgehead atoms. The zero-order valence-corrected chi connectivity index (χ0v) is 16.7. The van der Waals surface area contributed by atoms with Gasteiger partial charge in [0, 0.05) is 18.3 Å². The standard InChI is InChI=1S/C23H30O5/c1-3-4-8-12-23(2,26)13-11-17-18-14-21(24)27-20(18)15-19(17)28-22(25)16-9-6-5-7-10-16/h5-7,9-11,13,17-20,26H,3-4,8,12,14-15H2,1-2H3/b13-11+/t17-,18-,19-,20+,23+/m1/s1. The first kappa shape index (κ1) is 20.6. The van der Waals surface area contributed by atoms with Crippen molar-refractivity contribution in [2.75, 3.05) is 0 Å². The van der Waals surface area contributed by atoms with E-state index in [0.29, 0.717) is 24.8 Å². The molecule has 2 fully saturated rings. The minimum absolute atomic E-state index is 0.0104. The highest BCUT2D eigenvalue weighted by Gasteiger charge is 2.50. The Balaban J connectivity index is 1.71. The summed E-state index contributed by atoms with van der Waals surface area (Å²) in [5.41, 5.74) is -0.407. The summed E-state index contributed by atoms with van der Waals surface area (Å²) in [6.45, 7) is 3.93. The molecule has 0 spiro atoms. The van der Waals surface area contributed by atoms with Crippen molar-refractivity contribution >= 4 is 11.9 Å². The SMILES string of the molecule is CCCCC[C@](C)(O)/C=C/[C@@H]1[C@H]2CC(=O)O[C@H]2C[C@H]1OC(=O)c1ccccc1. The predicted molar refractivity (Wildman–Crippen MR) is 106 cm³/mol. The van der Waals surface area contributed by atoms with Crippen molar-refractivity contribution < 1.29 is 24.2 Å². The number of hydrogen-bond acceptors (Lipinski definition) is 5. The number of rotatable bonds is 8. The van der Waals surface area contributed by atoms with Crippen molar-refractivity contribution in [1.29, 1.82) is 0 Å². The van der Waals surface area contributed by atoms with Crippen LogP contribution in [-0.4, -0.2) is 34.9 Å². The van der Waals surface area contributed by atoms with Gasteiger partial charge in [0.2, 0.25) is 0 Å². The van der Waals surface area contributed by atoms with E-state index < -0.39 is 5.60 Å². The molecule has 1 saturated carbocycles. The number of aliphatic hydroxyl groups is 1. The van der Waals surface area contributed by atoms with Crippen molar-refractivity contribution in [3.05, 3.63) is 48.0 Å². The summed E-state index contributed by atoms with van der Waals surface area (Å²) < 4.78 is 11.2. The summed E-state index contributed by atoms with van der Waals surface area (Å²) in [5.74, 6) is -0.716. The average molecular weight is 386 g/mol. The second-order valence-electron chi connectivity index (χ2n) is 8.19. The van der Waals surface area contributed by atoms with Crippen LogP contribution in [0.3, 0.4) is 0 Å². The first-order valence-electron chi connectivity index (χ1n) is 10.3. The first-order valence-corrected chi connectivity index (χ1v) is 10.3. The van der Waals surface area contributed by atoms with Gasteiger partial charge in [0.25, 0.3) is 0 Å².